The van der Waals surface area contributed by atoms with Crippen LogP contribution >= 0.6 is 0 Å². The van der Waals surface area contributed by atoms with Gasteiger partial charge in [-0.15, -0.1) is 0 Å². The summed E-state index contributed by atoms with van der Waals surface area (Å²) in [5, 5.41) is 3.08. The highest BCUT2D eigenvalue weighted by Crippen LogP contribution is 2.14. The average Bonchev–Trinajstić information content (AvgIpc) is 2.31. The van der Waals surface area contributed by atoms with Crippen LogP contribution < -0.4 is 11.1 Å². The Morgan fingerprint density at radius 1 is 1.47 bits per heavy atom. The van der Waals surface area contributed by atoms with Crippen molar-refractivity contribution >= 4 is 5.91 Å². The van der Waals surface area contributed by atoms with Gasteiger partial charge in [0.1, 0.15) is 0 Å². The molecule has 1 rings (SSSR count). The lowest BCUT2D eigenvalue weighted by Gasteiger charge is -2.34. The second-order valence-electron chi connectivity index (χ2n) is 5.25. The van der Waals surface area contributed by atoms with Gasteiger partial charge in [0.2, 0.25) is 5.91 Å². The maximum absolute atomic E-state index is 11.8. The smallest absolute Gasteiger partial charge is 0.234 e. The van der Waals surface area contributed by atoms with Crippen LogP contribution in [0.15, 0.2) is 0 Å². The van der Waals surface area contributed by atoms with Crippen LogP contribution in [0.4, 0.5) is 0 Å². The van der Waals surface area contributed by atoms with Crippen molar-refractivity contribution in [3.05, 3.63) is 0 Å². The van der Waals surface area contributed by atoms with Crippen LogP contribution in [0.1, 0.15) is 40.0 Å². The molecular formula is C13H27N3O. The fraction of sp³-hybridized carbons (Fsp3) is 0.923. The maximum atomic E-state index is 11.8. The third-order valence-corrected chi connectivity index (χ3v) is 3.77. The molecule has 0 radical (unpaired) electrons. The summed E-state index contributed by atoms with van der Waals surface area (Å²) in [6.07, 6.45) is 3.01. The van der Waals surface area contributed by atoms with Crippen molar-refractivity contribution in [3.8, 4) is 0 Å². The second kappa shape index (κ2) is 6.97. The van der Waals surface area contributed by atoms with E-state index >= 15 is 0 Å². The Morgan fingerprint density at radius 2 is 2.12 bits per heavy atom. The van der Waals surface area contributed by atoms with E-state index in [4.69, 9.17) is 5.73 Å². The highest BCUT2D eigenvalue weighted by atomic mass is 16.2. The van der Waals surface area contributed by atoms with Gasteiger partial charge in [0.15, 0.2) is 0 Å². The normalized spacial score (nSPS) is 26.2. The van der Waals surface area contributed by atoms with Crippen LogP contribution in [0.25, 0.3) is 0 Å². The summed E-state index contributed by atoms with van der Waals surface area (Å²) >= 11 is 0. The molecule has 0 aromatic carbocycles. The molecule has 0 bridgehead atoms. The van der Waals surface area contributed by atoms with Gasteiger partial charge < -0.3 is 11.1 Å². The number of nitrogens with two attached hydrogens (primary N) is 1. The van der Waals surface area contributed by atoms with Crippen LogP contribution in [-0.2, 0) is 4.79 Å². The Bertz CT molecular complexity index is 241. The standard InChI is InChI=1S/C13H27N3O/c1-4-11(5-2)15-13(17)9-16-7-6-12(14)10(3)8-16/h10-12H,4-9,14H2,1-3H3,(H,15,17). The van der Waals surface area contributed by atoms with Gasteiger partial charge in [-0.1, -0.05) is 20.8 Å². The monoisotopic (exact) mass is 241 g/mol. The predicted molar refractivity (Wildman–Crippen MR) is 70.7 cm³/mol. The Balaban J connectivity index is 2.31. The summed E-state index contributed by atoms with van der Waals surface area (Å²) in [4.78, 5) is 14.1. The molecule has 0 aromatic rings. The summed E-state index contributed by atoms with van der Waals surface area (Å²) in [5.41, 5.74) is 5.97. The second-order valence-corrected chi connectivity index (χ2v) is 5.25. The van der Waals surface area contributed by atoms with Crippen molar-refractivity contribution < 1.29 is 4.79 Å². The molecule has 4 nitrogen and oxygen atoms in total. The van der Waals surface area contributed by atoms with Gasteiger partial charge in [-0.2, -0.15) is 0 Å². The van der Waals surface area contributed by atoms with Crippen molar-refractivity contribution in [2.45, 2.75) is 52.1 Å². The highest BCUT2D eigenvalue weighted by Gasteiger charge is 2.24. The molecule has 2 unspecified atom stereocenters. The molecule has 0 aliphatic carbocycles. The third kappa shape index (κ3) is 4.64. The molecule has 100 valence electrons. The van der Waals surface area contributed by atoms with Crippen LogP contribution in [0.2, 0.25) is 0 Å². The first kappa shape index (κ1) is 14.5. The lowest BCUT2D eigenvalue weighted by atomic mass is 9.95. The average molecular weight is 241 g/mol. The van der Waals surface area contributed by atoms with Crippen LogP contribution in [0.5, 0.6) is 0 Å². The molecule has 0 spiro atoms. The van der Waals surface area contributed by atoms with E-state index in [9.17, 15) is 4.79 Å². The molecule has 17 heavy (non-hydrogen) atoms. The lowest BCUT2D eigenvalue weighted by molar-refractivity contribution is -0.123. The van der Waals surface area contributed by atoms with Crippen molar-refractivity contribution in [2.24, 2.45) is 11.7 Å². The van der Waals surface area contributed by atoms with Gasteiger partial charge >= 0.3 is 0 Å². The maximum Gasteiger partial charge on any atom is 0.234 e. The summed E-state index contributed by atoms with van der Waals surface area (Å²) in [7, 11) is 0. The van der Waals surface area contributed by atoms with Crippen molar-refractivity contribution in [1.82, 2.24) is 10.2 Å². The Morgan fingerprint density at radius 3 is 2.65 bits per heavy atom. The largest absolute Gasteiger partial charge is 0.352 e. The van der Waals surface area contributed by atoms with E-state index in [0.717, 1.165) is 32.4 Å². The molecule has 1 aliphatic rings. The van der Waals surface area contributed by atoms with Gasteiger partial charge in [0.25, 0.3) is 0 Å². The minimum atomic E-state index is 0.154. The molecule has 0 aromatic heterocycles. The number of hydrogen-bond donors (Lipinski definition) is 2. The molecule has 1 amide bonds. The number of piperidine rings is 1. The molecule has 3 N–H and O–H groups in total. The highest BCUT2D eigenvalue weighted by molar-refractivity contribution is 5.78. The molecule has 0 saturated carbocycles. The molecule has 2 atom stereocenters. The molecule has 1 fully saturated rings. The zero-order chi connectivity index (χ0) is 12.8. The van der Waals surface area contributed by atoms with E-state index in [2.05, 4.69) is 31.0 Å². The van der Waals surface area contributed by atoms with Crippen LogP contribution in [0, 0.1) is 5.92 Å². The fourth-order valence-corrected chi connectivity index (χ4v) is 2.36. The topological polar surface area (TPSA) is 58.4 Å². The molecule has 1 heterocycles. The minimum Gasteiger partial charge on any atom is -0.352 e. The fourth-order valence-electron chi connectivity index (χ4n) is 2.36. The lowest BCUT2D eigenvalue weighted by Crippen LogP contribution is -2.49. The predicted octanol–water partition coefficient (Wildman–Crippen LogP) is 0.960. The Labute approximate surface area is 105 Å². The summed E-state index contributed by atoms with van der Waals surface area (Å²) in [6.45, 7) is 8.79. The zero-order valence-electron chi connectivity index (χ0n) is 11.4. The number of hydrogen-bond acceptors (Lipinski definition) is 3. The Hall–Kier alpha value is -0.610. The molecule has 1 saturated heterocycles. The van der Waals surface area contributed by atoms with Gasteiger partial charge in [-0.05, 0) is 25.2 Å². The van der Waals surface area contributed by atoms with Gasteiger partial charge in [-0.25, -0.2) is 0 Å². The SMILES string of the molecule is CCC(CC)NC(=O)CN1CCC(N)C(C)C1. The number of nitrogens with zero attached hydrogens (tertiary/aromatic N) is 1. The summed E-state index contributed by atoms with van der Waals surface area (Å²) < 4.78 is 0. The van der Waals surface area contributed by atoms with Crippen LogP contribution in [0.3, 0.4) is 0 Å². The van der Waals surface area contributed by atoms with E-state index in [-0.39, 0.29) is 5.91 Å². The van der Waals surface area contributed by atoms with E-state index < -0.39 is 0 Å². The van der Waals surface area contributed by atoms with Crippen molar-refractivity contribution in [1.29, 1.82) is 0 Å². The van der Waals surface area contributed by atoms with E-state index in [0.29, 0.717) is 24.5 Å². The van der Waals surface area contributed by atoms with E-state index in [1.807, 2.05) is 0 Å². The number of rotatable bonds is 5. The number of carbonyl (C=O) groups excluding carboxylic acids is 1. The zero-order valence-corrected chi connectivity index (χ0v) is 11.4. The number of nitrogens with one attached hydrogen (secondary N) is 1. The first-order valence-corrected chi connectivity index (χ1v) is 6.84. The van der Waals surface area contributed by atoms with E-state index in [1.165, 1.54) is 0 Å². The van der Waals surface area contributed by atoms with Crippen LogP contribution in [-0.4, -0.2) is 42.5 Å². The first-order chi connectivity index (χ1) is 8.06. The number of carbonyl (C=O) groups is 1. The van der Waals surface area contributed by atoms with Gasteiger partial charge in [0, 0.05) is 25.2 Å². The molecule has 4 heteroatoms. The van der Waals surface area contributed by atoms with Crippen molar-refractivity contribution in [3.63, 3.8) is 0 Å². The Kier molecular flexibility index (Phi) is 5.92. The van der Waals surface area contributed by atoms with Gasteiger partial charge in [0.05, 0.1) is 6.54 Å². The van der Waals surface area contributed by atoms with E-state index in [1.54, 1.807) is 0 Å². The summed E-state index contributed by atoms with van der Waals surface area (Å²) in [6, 6.07) is 0.625. The third-order valence-electron chi connectivity index (χ3n) is 3.77. The van der Waals surface area contributed by atoms with Gasteiger partial charge in [-0.3, -0.25) is 9.69 Å². The summed E-state index contributed by atoms with van der Waals surface area (Å²) in [5.74, 6) is 0.645. The number of likely N-dealkylation sites (tertiary alicyclic amines) is 1. The minimum absolute atomic E-state index is 0.154. The molecular weight excluding hydrogens is 214 g/mol. The number of amides is 1. The van der Waals surface area contributed by atoms with Crippen molar-refractivity contribution in [2.75, 3.05) is 19.6 Å². The quantitative estimate of drug-likeness (QED) is 0.754. The molecule has 1 aliphatic heterocycles. The first-order valence-electron chi connectivity index (χ1n) is 6.84.